The summed E-state index contributed by atoms with van der Waals surface area (Å²) in [5.41, 5.74) is 7.72. The fourth-order valence-corrected chi connectivity index (χ4v) is 4.73. The lowest BCUT2D eigenvalue weighted by Crippen LogP contribution is -2.46. The summed E-state index contributed by atoms with van der Waals surface area (Å²) >= 11 is 0. The van der Waals surface area contributed by atoms with E-state index < -0.39 is 0 Å². The Bertz CT molecular complexity index is 963. The molecule has 2 amide bonds. The fourth-order valence-electron chi connectivity index (χ4n) is 4.73. The second-order valence-corrected chi connectivity index (χ2v) is 10.4. The predicted molar refractivity (Wildman–Crippen MR) is 125 cm³/mol. The summed E-state index contributed by atoms with van der Waals surface area (Å²) in [6.07, 6.45) is 3.00. The van der Waals surface area contributed by atoms with E-state index in [2.05, 4.69) is 47.9 Å². The highest BCUT2D eigenvalue weighted by Crippen LogP contribution is 2.26. The van der Waals surface area contributed by atoms with E-state index in [9.17, 15) is 9.59 Å². The first-order chi connectivity index (χ1) is 15.7. The Morgan fingerprint density at radius 2 is 1.61 bits per heavy atom. The second-order valence-electron chi connectivity index (χ2n) is 10.4. The Morgan fingerprint density at radius 3 is 2.18 bits per heavy atom. The van der Waals surface area contributed by atoms with Gasteiger partial charge in [0.25, 0.3) is 0 Å². The zero-order valence-corrected chi connectivity index (χ0v) is 19.9. The smallest absolute Gasteiger partial charge is 0.241 e. The van der Waals surface area contributed by atoms with Gasteiger partial charge in [0.2, 0.25) is 23.5 Å². The van der Waals surface area contributed by atoms with E-state index in [4.69, 9.17) is 10.3 Å². The molecule has 33 heavy (non-hydrogen) atoms. The number of primary amides is 1. The van der Waals surface area contributed by atoms with E-state index in [1.807, 2.05) is 17.0 Å². The van der Waals surface area contributed by atoms with Crippen molar-refractivity contribution in [3.63, 3.8) is 0 Å². The highest BCUT2D eigenvalue weighted by molar-refractivity contribution is 5.80. The van der Waals surface area contributed by atoms with Crippen molar-refractivity contribution in [1.29, 1.82) is 0 Å². The van der Waals surface area contributed by atoms with Crippen molar-refractivity contribution in [3.05, 3.63) is 35.7 Å². The van der Waals surface area contributed by atoms with Gasteiger partial charge in [-0.3, -0.25) is 14.5 Å². The summed E-state index contributed by atoms with van der Waals surface area (Å²) < 4.78 is 5.50. The van der Waals surface area contributed by atoms with Crippen LogP contribution in [0.3, 0.4) is 0 Å². The standard InChI is InChI=1S/C25H35N5O3/c1-25(2,3)20-6-4-18(5-7-20)23-27-21(33-28-23)16-29-12-8-19(9-13-29)24(32)30-14-10-17(11-15-30)22(26)31/h4-7,17,19H,8-16H2,1-3H3,(H2,26,31). The van der Waals surface area contributed by atoms with Crippen molar-refractivity contribution in [2.75, 3.05) is 26.2 Å². The minimum Gasteiger partial charge on any atom is -0.369 e. The van der Waals surface area contributed by atoms with Gasteiger partial charge >= 0.3 is 0 Å². The molecule has 1 aromatic carbocycles. The van der Waals surface area contributed by atoms with Crippen molar-refractivity contribution in [2.45, 2.75) is 58.4 Å². The van der Waals surface area contributed by atoms with Crippen LogP contribution in [0.5, 0.6) is 0 Å². The lowest BCUT2D eigenvalue weighted by Gasteiger charge is -2.36. The van der Waals surface area contributed by atoms with E-state index in [1.54, 1.807) is 0 Å². The molecule has 8 heteroatoms. The highest BCUT2D eigenvalue weighted by atomic mass is 16.5. The number of rotatable bonds is 5. The molecule has 3 heterocycles. The number of amides is 2. The minimum absolute atomic E-state index is 0.0472. The van der Waals surface area contributed by atoms with Crippen LogP contribution in [0.25, 0.3) is 11.4 Å². The molecule has 0 saturated carbocycles. The lowest BCUT2D eigenvalue weighted by molar-refractivity contribution is -0.140. The largest absolute Gasteiger partial charge is 0.369 e. The first kappa shape index (κ1) is 23.4. The number of piperidine rings is 2. The number of benzene rings is 1. The van der Waals surface area contributed by atoms with Gasteiger partial charge in [-0.1, -0.05) is 50.2 Å². The maximum absolute atomic E-state index is 12.9. The summed E-state index contributed by atoms with van der Waals surface area (Å²) in [4.78, 5) is 33.0. The van der Waals surface area contributed by atoms with Crippen LogP contribution in [0.4, 0.5) is 0 Å². The van der Waals surface area contributed by atoms with Gasteiger partial charge in [-0.05, 0) is 49.8 Å². The third-order valence-corrected chi connectivity index (χ3v) is 6.98. The zero-order valence-electron chi connectivity index (χ0n) is 19.9. The Labute approximate surface area is 195 Å². The van der Waals surface area contributed by atoms with Crippen LogP contribution in [0.15, 0.2) is 28.8 Å². The summed E-state index contributed by atoms with van der Waals surface area (Å²) in [6.45, 7) is 10.1. The first-order valence-corrected chi connectivity index (χ1v) is 11.9. The van der Waals surface area contributed by atoms with Crippen molar-refractivity contribution < 1.29 is 14.1 Å². The molecule has 0 unspecified atom stereocenters. The van der Waals surface area contributed by atoms with Crippen LogP contribution in [-0.2, 0) is 21.5 Å². The van der Waals surface area contributed by atoms with Gasteiger partial charge in [0.15, 0.2) is 0 Å². The molecule has 1 aromatic heterocycles. The second kappa shape index (κ2) is 9.63. The summed E-state index contributed by atoms with van der Waals surface area (Å²) in [6, 6.07) is 8.31. The Hall–Kier alpha value is -2.74. The lowest BCUT2D eigenvalue weighted by atomic mass is 9.87. The minimum atomic E-state index is -0.249. The number of aromatic nitrogens is 2. The van der Waals surface area contributed by atoms with Crippen molar-refractivity contribution in [3.8, 4) is 11.4 Å². The van der Waals surface area contributed by atoms with Gasteiger partial charge < -0.3 is 15.2 Å². The van der Waals surface area contributed by atoms with Crippen LogP contribution < -0.4 is 5.73 Å². The molecule has 0 radical (unpaired) electrons. The molecule has 4 rings (SSSR count). The summed E-state index contributed by atoms with van der Waals surface area (Å²) in [7, 11) is 0. The highest BCUT2D eigenvalue weighted by Gasteiger charge is 2.32. The predicted octanol–water partition coefficient (Wildman–Crippen LogP) is 2.97. The molecule has 2 saturated heterocycles. The molecule has 0 spiro atoms. The van der Waals surface area contributed by atoms with E-state index in [0.717, 1.165) is 31.5 Å². The van der Waals surface area contributed by atoms with E-state index in [0.29, 0.717) is 44.2 Å². The van der Waals surface area contributed by atoms with E-state index >= 15 is 0 Å². The van der Waals surface area contributed by atoms with Crippen LogP contribution in [0.1, 0.15) is 57.9 Å². The van der Waals surface area contributed by atoms with Crippen molar-refractivity contribution in [1.82, 2.24) is 19.9 Å². The average molecular weight is 454 g/mol. The number of carbonyl (C=O) groups excluding carboxylic acids is 2. The first-order valence-electron chi connectivity index (χ1n) is 11.9. The summed E-state index contributed by atoms with van der Waals surface area (Å²) in [5, 5.41) is 4.16. The van der Waals surface area contributed by atoms with Crippen LogP contribution in [-0.4, -0.2) is 57.9 Å². The van der Waals surface area contributed by atoms with Crippen molar-refractivity contribution >= 4 is 11.8 Å². The molecule has 2 fully saturated rings. The normalized spacial score (nSPS) is 19.1. The number of carbonyl (C=O) groups is 2. The molecule has 2 aliphatic heterocycles. The summed E-state index contributed by atoms with van der Waals surface area (Å²) in [5.74, 6) is 1.13. The quantitative estimate of drug-likeness (QED) is 0.746. The molecule has 2 aromatic rings. The SMILES string of the molecule is CC(C)(C)c1ccc(-c2noc(CN3CCC(C(=O)N4CCC(C(N)=O)CC4)CC3)n2)cc1. The van der Waals surface area contributed by atoms with Crippen LogP contribution in [0, 0.1) is 11.8 Å². The third-order valence-electron chi connectivity index (χ3n) is 6.98. The Balaban J connectivity index is 1.26. The van der Waals surface area contributed by atoms with E-state index in [-0.39, 0.29) is 29.1 Å². The van der Waals surface area contributed by atoms with Crippen LogP contribution in [0.2, 0.25) is 0 Å². The molecular weight excluding hydrogens is 418 g/mol. The molecule has 2 aliphatic rings. The maximum atomic E-state index is 12.9. The monoisotopic (exact) mass is 453 g/mol. The molecule has 0 atom stereocenters. The molecule has 178 valence electrons. The zero-order chi connectivity index (χ0) is 23.6. The van der Waals surface area contributed by atoms with Gasteiger partial charge in [0.1, 0.15) is 0 Å². The number of nitrogens with zero attached hydrogens (tertiary/aromatic N) is 4. The molecule has 8 nitrogen and oxygen atoms in total. The maximum Gasteiger partial charge on any atom is 0.241 e. The number of hydrogen-bond donors (Lipinski definition) is 1. The average Bonchev–Trinajstić information content (AvgIpc) is 3.27. The van der Waals surface area contributed by atoms with Gasteiger partial charge in [0.05, 0.1) is 6.54 Å². The molecule has 0 aliphatic carbocycles. The van der Waals surface area contributed by atoms with Gasteiger partial charge in [-0.25, -0.2) is 0 Å². The van der Waals surface area contributed by atoms with Crippen LogP contribution >= 0.6 is 0 Å². The van der Waals surface area contributed by atoms with E-state index in [1.165, 1.54) is 5.56 Å². The third kappa shape index (κ3) is 5.61. The molecule has 2 N–H and O–H groups in total. The van der Waals surface area contributed by atoms with Crippen molar-refractivity contribution in [2.24, 2.45) is 17.6 Å². The Kier molecular flexibility index (Phi) is 6.83. The number of hydrogen-bond acceptors (Lipinski definition) is 6. The number of likely N-dealkylation sites (tertiary alicyclic amines) is 2. The van der Waals surface area contributed by atoms with Gasteiger partial charge in [-0.15, -0.1) is 0 Å². The van der Waals surface area contributed by atoms with Gasteiger partial charge in [-0.2, -0.15) is 4.98 Å². The molecule has 0 bridgehead atoms. The molecular formula is C25H35N5O3. The topological polar surface area (TPSA) is 106 Å². The Morgan fingerprint density at radius 1 is 1.00 bits per heavy atom. The van der Waals surface area contributed by atoms with Gasteiger partial charge in [0, 0.05) is 30.5 Å². The fraction of sp³-hybridized carbons (Fsp3) is 0.600. The number of nitrogens with two attached hydrogens (primary N) is 1.